The summed E-state index contributed by atoms with van der Waals surface area (Å²) in [7, 11) is 5.14. The van der Waals surface area contributed by atoms with Gasteiger partial charge in [0.1, 0.15) is 11.1 Å². The van der Waals surface area contributed by atoms with Crippen LogP contribution in [0.4, 0.5) is 5.00 Å². The molecule has 1 aromatic rings. The molecule has 1 aromatic heterocycles. The largest absolute Gasteiger partial charge is 0.344 e. The quantitative estimate of drug-likeness (QED) is 0.739. The van der Waals surface area contributed by atoms with Gasteiger partial charge >= 0.3 is 0 Å². The van der Waals surface area contributed by atoms with Gasteiger partial charge in [-0.05, 0) is 11.4 Å². The summed E-state index contributed by atoms with van der Waals surface area (Å²) in [5.41, 5.74) is 0.459. The van der Waals surface area contributed by atoms with E-state index in [9.17, 15) is 9.59 Å². The second-order valence-corrected chi connectivity index (χ2v) is 5.34. The highest BCUT2D eigenvalue weighted by atomic mass is 32.1. The predicted octanol–water partition coefficient (Wildman–Crippen LogP) is -0.839. The van der Waals surface area contributed by atoms with E-state index in [2.05, 4.69) is 5.32 Å². The van der Waals surface area contributed by atoms with Gasteiger partial charge in [-0.25, -0.2) is 0 Å². The zero-order chi connectivity index (χ0) is 14.4. The Bertz CT molecular complexity index is 504. The number of thiophene rings is 1. The zero-order valence-electron chi connectivity index (χ0n) is 11.2. The van der Waals surface area contributed by atoms with Gasteiger partial charge < -0.3 is 15.1 Å². The molecule has 0 saturated heterocycles. The van der Waals surface area contributed by atoms with Crippen molar-refractivity contribution in [1.29, 1.82) is 5.26 Å². The van der Waals surface area contributed by atoms with E-state index in [1.54, 1.807) is 32.6 Å². The van der Waals surface area contributed by atoms with E-state index in [-0.39, 0.29) is 24.9 Å². The van der Waals surface area contributed by atoms with Crippen molar-refractivity contribution in [1.82, 2.24) is 4.90 Å². The Kier molecular flexibility index (Phi) is 5.48. The molecule has 0 aromatic carbocycles. The first-order valence-electron chi connectivity index (χ1n) is 5.73. The molecule has 1 unspecified atom stereocenters. The highest BCUT2D eigenvalue weighted by molar-refractivity contribution is 7.14. The SMILES string of the molecule is CN(C)C(=O)C[NH+](C)CC(=O)Nc1sccc1C#N. The van der Waals surface area contributed by atoms with E-state index in [1.807, 2.05) is 6.07 Å². The minimum atomic E-state index is -0.206. The van der Waals surface area contributed by atoms with Gasteiger partial charge in [0.15, 0.2) is 13.1 Å². The average molecular weight is 281 g/mol. The number of nitrogens with zero attached hydrogens (tertiary/aromatic N) is 2. The van der Waals surface area contributed by atoms with Crippen LogP contribution in [0.2, 0.25) is 0 Å². The summed E-state index contributed by atoms with van der Waals surface area (Å²) in [6, 6.07) is 3.67. The van der Waals surface area contributed by atoms with E-state index < -0.39 is 0 Å². The summed E-state index contributed by atoms with van der Waals surface area (Å²) in [5, 5.41) is 13.8. The lowest BCUT2D eigenvalue weighted by Gasteiger charge is -2.15. The van der Waals surface area contributed by atoms with E-state index in [0.29, 0.717) is 10.6 Å². The summed E-state index contributed by atoms with van der Waals surface area (Å²) in [6.45, 7) is 0.443. The molecule has 0 aliphatic carbocycles. The topological polar surface area (TPSA) is 77.6 Å². The molecule has 2 N–H and O–H groups in total. The monoisotopic (exact) mass is 281 g/mol. The van der Waals surface area contributed by atoms with Gasteiger partial charge in [-0.3, -0.25) is 9.59 Å². The van der Waals surface area contributed by atoms with Crippen LogP contribution in [0.3, 0.4) is 0 Å². The third kappa shape index (κ3) is 4.69. The molecule has 1 heterocycles. The van der Waals surface area contributed by atoms with Crippen LogP contribution in [0.1, 0.15) is 5.56 Å². The maximum Gasteiger partial charge on any atom is 0.280 e. The number of nitriles is 1. The maximum absolute atomic E-state index is 11.8. The molecule has 0 aliphatic rings. The first-order chi connectivity index (χ1) is 8.93. The van der Waals surface area contributed by atoms with Crippen LogP contribution in [0.5, 0.6) is 0 Å². The first-order valence-corrected chi connectivity index (χ1v) is 6.61. The van der Waals surface area contributed by atoms with Crippen LogP contribution < -0.4 is 10.2 Å². The van der Waals surface area contributed by atoms with Crippen molar-refractivity contribution in [2.75, 3.05) is 39.5 Å². The summed E-state index contributed by atoms with van der Waals surface area (Å²) >= 11 is 1.31. The zero-order valence-corrected chi connectivity index (χ0v) is 12.0. The van der Waals surface area contributed by atoms with Crippen LogP contribution in [0.15, 0.2) is 11.4 Å². The molecule has 1 rings (SSSR count). The second kappa shape index (κ2) is 6.87. The van der Waals surface area contributed by atoms with E-state index in [0.717, 1.165) is 4.90 Å². The fourth-order valence-corrected chi connectivity index (χ4v) is 2.17. The van der Waals surface area contributed by atoms with E-state index in [4.69, 9.17) is 5.26 Å². The van der Waals surface area contributed by atoms with Gasteiger partial charge in [0.2, 0.25) is 0 Å². The predicted molar refractivity (Wildman–Crippen MR) is 73.0 cm³/mol. The number of hydrogen-bond donors (Lipinski definition) is 2. The lowest BCUT2D eigenvalue weighted by Crippen LogP contribution is -3.11. The molecule has 2 amide bonds. The van der Waals surface area contributed by atoms with Crippen molar-refractivity contribution < 1.29 is 14.5 Å². The fourth-order valence-electron chi connectivity index (χ4n) is 1.42. The number of quaternary nitrogens is 1. The summed E-state index contributed by atoms with van der Waals surface area (Å²) in [4.78, 5) is 25.6. The number of likely N-dealkylation sites (N-methyl/N-ethyl adjacent to an activating group) is 2. The summed E-state index contributed by atoms with van der Waals surface area (Å²) in [6.07, 6.45) is 0. The van der Waals surface area contributed by atoms with Crippen LogP contribution >= 0.6 is 11.3 Å². The molecule has 0 fully saturated rings. The number of rotatable bonds is 5. The van der Waals surface area contributed by atoms with Crippen molar-refractivity contribution in [2.45, 2.75) is 0 Å². The van der Waals surface area contributed by atoms with Crippen LogP contribution in [0.25, 0.3) is 0 Å². The number of anilines is 1. The molecule has 0 radical (unpaired) electrons. The van der Waals surface area contributed by atoms with Crippen molar-refractivity contribution in [3.05, 3.63) is 17.0 Å². The Morgan fingerprint density at radius 1 is 1.47 bits per heavy atom. The molecular formula is C12H17N4O2S+. The molecular weight excluding hydrogens is 264 g/mol. The van der Waals surface area contributed by atoms with Crippen LogP contribution in [0, 0.1) is 11.3 Å². The molecule has 6 nitrogen and oxygen atoms in total. The summed E-state index contributed by atoms with van der Waals surface area (Å²) < 4.78 is 0. The average Bonchev–Trinajstić information content (AvgIpc) is 2.75. The lowest BCUT2D eigenvalue weighted by molar-refractivity contribution is -0.862. The standard InChI is InChI=1S/C12H16N4O2S/c1-15(2)11(18)8-16(3)7-10(17)14-12-9(6-13)4-5-19-12/h4-5H,7-8H2,1-3H3,(H,14,17)/p+1. The van der Waals surface area contributed by atoms with Gasteiger partial charge in [-0.1, -0.05) is 0 Å². The summed E-state index contributed by atoms with van der Waals surface area (Å²) in [5.74, 6) is -0.234. The van der Waals surface area contributed by atoms with Crippen molar-refractivity contribution in [2.24, 2.45) is 0 Å². The van der Waals surface area contributed by atoms with Crippen molar-refractivity contribution in [3.8, 4) is 6.07 Å². The van der Waals surface area contributed by atoms with E-state index in [1.165, 1.54) is 16.2 Å². The number of nitrogens with one attached hydrogen (secondary N) is 2. The van der Waals surface area contributed by atoms with Crippen LogP contribution in [-0.4, -0.2) is 50.9 Å². The number of carbonyl (C=O) groups is 2. The molecule has 19 heavy (non-hydrogen) atoms. The third-order valence-corrected chi connectivity index (χ3v) is 3.28. The Morgan fingerprint density at radius 3 is 2.74 bits per heavy atom. The molecule has 0 aliphatic heterocycles. The lowest BCUT2D eigenvalue weighted by atomic mass is 10.3. The molecule has 0 spiro atoms. The molecule has 7 heteroatoms. The minimum absolute atomic E-state index is 0.0286. The van der Waals surface area contributed by atoms with Gasteiger partial charge in [-0.15, -0.1) is 11.3 Å². The van der Waals surface area contributed by atoms with Gasteiger partial charge in [0.05, 0.1) is 12.6 Å². The maximum atomic E-state index is 11.8. The molecule has 102 valence electrons. The fraction of sp³-hybridized carbons (Fsp3) is 0.417. The Labute approximate surface area is 116 Å². The van der Waals surface area contributed by atoms with Crippen molar-refractivity contribution >= 4 is 28.2 Å². The minimum Gasteiger partial charge on any atom is -0.344 e. The second-order valence-electron chi connectivity index (χ2n) is 4.42. The Morgan fingerprint density at radius 2 is 2.16 bits per heavy atom. The highest BCUT2D eigenvalue weighted by Crippen LogP contribution is 2.21. The Hall–Kier alpha value is -1.91. The normalized spacial score (nSPS) is 11.5. The van der Waals surface area contributed by atoms with Gasteiger partial charge in [0, 0.05) is 14.1 Å². The molecule has 1 atom stereocenters. The van der Waals surface area contributed by atoms with Crippen molar-refractivity contribution in [3.63, 3.8) is 0 Å². The number of carbonyl (C=O) groups excluding carboxylic acids is 2. The first kappa shape index (κ1) is 15.1. The molecule has 0 saturated carbocycles. The smallest absolute Gasteiger partial charge is 0.280 e. The third-order valence-electron chi connectivity index (χ3n) is 2.45. The van der Waals surface area contributed by atoms with E-state index >= 15 is 0 Å². The van der Waals surface area contributed by atoms with Crippen LogP contribution in [-0.2, 0) is 9.59 Å². The van der Waals surface area contributed by atoms with Gasteiger partial charge in [-0.2, -0.15) is 5.26 Å². The number of amides is 2. The van der Waals surface area contributed by atoms with Gasteiger partial charge in [0.25, 0.3) is 11.8 Å². The number of hydrogen-bond acceptors (Lipinski definition) is 4. The molecule has 0 bridgehead atoms. The Balaban J connectivity index is 2.48. The highest BCUT2D eigenvalue weighted by Gasteiger charge is 2.16.